The standard InChI is InChI=1S/C26H27N3O6S/c1-2-3-4-8-17-36(33,34)28-26(30)22-12-14-23(15-13-22)35-27-19-20-11-16-24(25(18-20)29(31)32)21-9-6-5-7-10-21/h5-7,9-16,18-19H,2-4,8,17H2,1H3,(H,28,30)/b27-19+. The molecule has 0 spiro atoms. The second-order valence-electron chi connectivity index (χ2n) is 8.06. The Morgan fingerprint density at radius 2 is 1.75 bits per heavy atom. The SMILES string of the molecule is CCCCCCS(=O)(=O)NC(=O)c1ccc(O/N=C/c2ccc(-c3ccccc3)c([N+](=O)[O-])c2)cc1. The molecular formula is C26H27N3O6S. The largest absolute Gasteiger partial charge is 0.357 e. The summed E-state index contributed by atoms with van der Waals surface area (Å²) in [7, 11) is -3.70. The molecule has 36 heavy (non-hydrogen) atoms. The van der Waals surface area contributed by atoms with Crippen LogP contribution < -0.4 is 9.56 Å². The van der Waals surface area contributed by atoms with Crippen LogP contribution in [0.2, 0.25) is 0 Å². The number of nitro groups is 1. The molecule has 0 fully saturated rings. The second kappa shape index (κ2) is 12.6. The summed E-state index contributed by atoms with van der Waals surface area (Å²) in [5.41, 5.74) is 1.81. The van der Waals surface area contributed by atoms with Gasteiger partial charge in [-0.2, -0.15) is 0 Å². The summed E-state index contributed by atoms with van der Waals surface area (Å²) in [6.07, 6.45) is 4.57. The zero-order valence-electron chi connectivity index (χ0n) is 19.8. The van der Waals surface area contributed by atoms with E-state index in [1.54, 1.807) is 24.3 Å². The van der Waals surface area contributed by atoms with Crippen LogP contribution in [0.15, 0.2) is 78.0 Å². The van der Waals surface area contributed by atoms with E-state index >= 15 is 0 Å². The maximum atomic E-state index is 12.3. The van der Waals surface area contributed by atoms with Crippen molar-refractivity contribution in [2.75, 3.05) is 5.75 Å². The van der Waals surface area contributed by atoms with Crippen LogP contribution in [0.5, 0.6) is 5.75 Å². The molecule has 0 aromatic heterocycles. The van der Waals surface area contributed by atoms with Crippen LogP contribution in [0.25, 0.3) is 11.1 Å². The number of benzene rings is 3. The Balaban J connectivity index is 1.61. The predicted molar refractivity (Wildman–Crippen MR) is 139 cm³/mol. The lowest BCUT2D eigenvalue weighted by Gasteiger charge is -2.07. The maximum Gasteiger partial charge on any atom is 0.277 e. The average Bonchev–Trinajstić information content (AvgIpc) is 2.87. The van der Waals surface area contributed by atoms with Gasteiger partial charge in [-0.15, -0.1) is 0 Å². The zero-order chi connectivity index (χ0) is 26.0. The molecule has 9 nitrogen and oxygen atoms in total. The highest BCUT2D eigenvalue weighted by atomic mass is 32.2. The molecule has 1 amide bonds. The number of nitrogens with one attached hydrogen (secondary N) is 1. The Morgan fingerprint density at radius 1 is 1.03 bits per heavy atom. The van der Waals surface area contributed by atoms with E-state index in [0.717, 1.165) is 24.8 Å². The van der Waals surface area contributed by atoms with E-state index in [0.29, 0.717) is 23.3 Å². The van der Waals surface area contributed by atoms with Crippen LogP contribution in [-0.2, 0) is 10.0 Å². The Morgan fingerprint density at radius 3 is 2.42 bits per heavy atom. The van der Waals surface area contributed by atoms with E-state index < -0.39 is 20.9 Å². The summed E-state index contributed by atoms with van der Waals surface area (Å²) in [5.74, 6) is -0.508. The fourth-order valence-corrected chi connectivity index (χ4v) is 4.51. The van der Waals surface area contributed by atoms with E-state index in [9.17, 15) is 23.3 Å². The van der Waals surface area contributed by atoms with Crippen LogP contribution in [0.3, 0.4) is 0 Å². The van der Waals surface area contributed by atoms with Crippen LogP contribution in [0, 0.1) is 10.1 Å². The first-order valence-electron chi connectivity index (χ1n) is 11.5. The topological polar surface area (TPSA) is 128 Å². The molecule has 0 unspecified atom stereocenters. The van der Waals surface area contributed by atoms with Gasteiger partial charge in [0.25, 0.3) is 11.6 Å². The first-order valence-corrected chi connectivity index (χ1v) is 13.1. The summed E-state index contributed by atoms with van der Waals surface area (Å²) < 4.78 is 26.2. The van der Waals surface area contributed by atoms with E-state index in [1.165, 1.54) is 36.5 Å². The van der Waals surface area contributed by atoms with Crippen LogP contribution in [0.4, 0.5) is 5.69 Å². The highest BCUT2D eigenvalue weighted by Crippen LogP contribution is 2.30. The van der Waals surface area contributed by atoms with Crippen molar-refractivity contribution in [1.29, 1.82) is 0 Å². The Kier molecular flexibility index (Phi) is 9.29. The van der Waals surface area contributed by atoms with Crippen LogP contribution in [0.1, 0.15) is 48.5 Å². The fraction of sp³-hybridized carbons (Fsp3) is 0.231. The normalized spacial score (nSPS) is 11.4. The number of nitrogens with zero attached hydrogens (tertiary/aromatic N) is 2. The van der Waals surface area contributed by atoms with Crippen molar-refractivity contribution in [2.24, 2.45) is 5.16 Å². The molecule has 0 aliphatic heterocycles. The molecule has 0 saturated carbocycles. The number of amides is 1. The van der Waals surface area contributed by atoms with E-state index in [-0.39, 0.29) is 17.0 Å². The zero-order valence-corrected chi connectivity index (χ0v) is 20.6. The number of unbranched alkanes of at least 4 members (excludes halogenated alkanes) is 3. The number of carbonyl (C=O) groups excluding carboxylic acids is 1. The predicted octanol–water partition coefficient (Wildman–Crippen LogP) is 5.31. The number of rotatable bonds is 12. The van der Waals surface area contributed by atoms with E-state index in [2.05, 4.69) is 9.88 Å². The van der Waals surface area contributed by atoms with Gasteiger partial charge in [0.15, 0.2) is 5.75 Å². The lowest BCUT2D eigenvalue weighted by molar-refractivity contribution is -0.384. The summed E-state index contributed by atoms with van der Waals surface area (Å²) in [6.45, 7) is 2.03. The van der Waals surface area contributed by atoms with Gasteiger partial charge in [0.1, 0.15) is 0 Å². The third kappa shape index (κ3) is 7.74. The molecule has 0 aliphatic rings. The minimum absolute atomic E-state index is 0.0548. The van der Waals surface area contributed by atoms with Gasteiger partial charge in [-0.1, -0.05) is 67.7 Å². The van der Waals surface area contributed by atoms with Crippen molar-refractivity contribution >= 4 is 27.8 Å². The number of nitro benzene ring substituents is 1. The molecule has 3 aromatic rings. The van der Waals surface area contributed by atoms with Gasteiger partial charge in [0, 0.05) is 17.2 Å². The van der Waals surface area contributed by atoms with Crippen molar-refractivity contribution in [3.05, 3.63) is 94.0 Å². The van der Waals surface area contributed by atoms with Gasteiger partial charge in [-0.05, 0) is 42.3 Å². The minimum atomic E-state index is -3.70. The molecule has 188 valence electrons. The molecule has 0 heterocycles. The maximum absolute atomic E-state index is 12.3. The molecular weight excluding hydrogens is 482 g/mol. The van der Waals surface area contributed by atoms with Crippen molar-refractivity contribution in [1.82, 2.24) is 4.72 Å². The molecule has 3 rings (SSSR count). The Labute approximate surface area is 210 Å². The molecule has 1 N–H and O–H groups in total. The number of oxime groups is 1. The molecule has 0 bridgehead atoms. The fourth-order valence-electron chi connectivity index (χ4n) is 3.43. The van der Waals surface area contributed by atoms with Gasteiger partial charge in [0.05, 0.1) is 22.5 Å². The van der Waals surface area contributed by atoms with Gasteiger partial charge in [0.2, 0.25) is 10.0 Å². The van der Waals surface area contributed by atoms with Crippen molar-refractivity contribution in [3.8, 4) is 16.9 Å². The molecule has 10 heteroatoms. The second-order valence-corrected chi connectivity index (χ2v) is 9.90. The van der Waals surface area contributed by atoms with Gasteiger partial charge in [-0.3, -0.25) is 14.9 Å². The molecule has 0 atom stereocenters. The van der Waals surface area contributed by atoms with Crippen molar-refractivity contribution in [2.45, 2.75) is 32.6 Å². The summed E-state index contributed by atoms with van der Waals surface area (Å²) >= 11 is 0. The van der Waals surface area contributed by atoms with Crippen molar-refractivity contribution in [3.63, 3.8) is 0 Å². The third-order valence-electron chi connectivity index (χ3n) is 5.29. The Hall–Kier alpha value is -4.05. The van der Waals surface area contributed by atoms with Crippen molar-refractivity contribution < 1.29 is 23.0 Å². The Bertz CT molecular complexity index is 1320. The molecule has 0 saturated heterocycles. The molecule has 3 aromatic carbocycles. The van der Waals surface area contributed by atoms with Gasteiger partial charge in [-0.25, -0.2) is 13.1 Å². The van der Waals surface area contributed by atoms with Gasteiger partial charge >= 0.3 is 0 Å². The van der Waals surface area contributed by atoms with E-state index in [4.69, 9.17) is 4.84 Å². The quantitative estimate of drug-likeness (QED) is 0.152. The summed E-state index contributed by atoms with van der Waals surface area (Å²) in [5, 5.41) is 15.4. The smallest absolute Gasteiger partial charge is 0.277 e. The number of hydrogen-bond acceptors (Lipinski definition) is 7. The highest BCUT2D eigenvalue weighted by Gasteiger charge is 2.17. The lowest BCUT2D eigenvalue weighted by atomic mass is 10.0. The number of hydrogen-bond donors (Lipinski definition) is 1. The monoisotopic (exact) mass is 509 g/mol. The highest BCUT2D eigenvalue weighted by molar-refractivity contribution is 7.90. The van der Waals surface area contributed by atoms with Crippen LogP contribution >= 0.6 is 0 Å². The summed E-state index contributed by atoms with van der Waals surface area (Å²) in [4.78, 5) is 28.7. The summed E-state index contributed by atoms with van der Waals surface area (Å²) in [6, 6.07) is 19.6. The first kappa shape index (κ1) is 26.6. The lowest BCUT2D eigenvalue weighted by Crippen LogP contribution is -2.32. The molecule has 0 radical (unpaired) electrons. The minimum Gasteiger partial charge on any atom is -0.357 e. The van der Waals surface area contributed by atoms with E-state index in [1.807, 2.05) is 25.1 Å². The first-order chi connectivity index (χ1) is 17.3. The number of carbonyl (C=O) groups is 1. The van der Waals surface area contributed by atoms with Crippen LogP contribution in [-0.4, -0.2) is 31.2 Å². The third-order valence-corrected chi connectivity index (χ3v) is 6.62. The number of sulfonamides is 1. The average molecular weight is 510 g/mol. The van der Waals surface area contributed by atoms with Gasteiger partial charge < -0.3 is 4.84 Å². The molecule has 0 aliphatic carbocycles.